The summed E-state index contributed by atoms with van der Waals surface area (Å²) < 4.78 is 38.9. The number of hydrogen-bond acceptors (Lipinski definition) is 2. The minimum atomic E-state index is -4.15. The number of benzene rings is 1. The van der Waals surface area contributed by atoms with Gasteiger partial charge in [0.25, 0.3) is 0 Å². The van der Waals surface area contributed by atoms with Crippen molar-refractivity contribution >= 4 is 32.7 Å². The molecule has 0 bridgehead atoms. The number of aromatic nitrogens is 2. The van der Waals surface area contributed by atoms with Crippen molar-refractivity contribution in [3.8, 4) is 0 Å². The molecule has 0 atom stereocenters. The second kappa shape index (κ2) is 4.79. The lowest BCUT2D eigenvalue weighted by Crippen LogP contribution is -2.14. The molecular weight excluding hydrogens is 311 g/mol. The van der Waals surface area contributed by atoms with Gasteiger partial charge in [0.15, 0.2) is 0 Å². The van der Waals surface area contributed by atoms with Crippen LogP contribution in [-0.2, 0) is 7.05 Å². The van der Waals surface area contributed by atoms with Crippen LogP contribution in [0, 0.1) is 0 Å². The van der Waals surface area contributed by atoms with Gasteiger partial charge in [0.1, 0.15) is 5.52 Å². The molecule has 0 amide bonds. The Bertz CT molecular complexity index is 562. The van der Waals surface area contributed by atoms with E-state index < -0.39 is 12.6 Å². The second-order valence-electron chi connectivity index (χ2n) is 3.97. The van der Waals surface area contributed by atoms with Gasteiger partial charge >= 0.3 is 6.18 Å². The molecule has 98 valence electrons. The van der Waals surface area contributed by atoms with Gasteiger partial charge < -0.3 is 9.88 Å². The number of nitrogens with one attached hydrogen (secondary N) is 1. The van der Waals surface area contributed by atoms with E-state index in [9.17, 15) is 13.2 Å². The largest absolute Gasteiger partial charge is 0.390 e. The van der Waals surface area contributed by atoms with Gasteiger partial charge in [-0.3, -0.25) is 0 Å². The van der Waals surface area contributed by atoms with Gasteiger partial charge in [0, 0.05) is 18.1 Å². The van der Waals surface area contributed by atoms with Crippen LogP contribution in [0.2, 0.25) is 0 Å². The zero-order valence-corrected chi connectivity index (χ0v) is 11.1. The zero-order chi connectivity index (χ0) is 13.3. The van der Waals surface area contributed by atoms with Crippen LogP contribution in [-0.4, -0.2) is 22.3 Å². The minimum Gasteiger partial charge on any atom is -0.383 e. The van der Waals surface area contributed by atoms with E-state index in [1.807, 2.05) is 17.7 Å². The normalized spacial score (nSPS) is 12.1. The van der Waals surface area contributed by atoms with Crippen LogP contribution in [0.5, 0.6) is 0 Å². The van der Waals surface area contributed by atoms with E-state index >= 15 is 0 Å². The van der Waals surface area contributed by atoms with Crippen molar-refractivity contribution < 1.29 is 13.2 Å². The average Bonchev–Trinajstić information content (AvgIpc) is 2.59. The van der Waals surface area contributed by atoms with Crippen molar-refractivity contribution in [3.05, 3.63) is 22.9 Å². The molecule has 0 saturated heterocycles. The molecule has 1 aromatic carbocycles. The minimum absolute atomic E-state index is 0.161. The molecule has 0 aliphatic carbocycles. The van der Waals surface area contributed by atoms with E-state index in [4.69, 9.17) is 0 Å². The number of halogens is 4. The van der Waals surface area contributed by atoms with Crippen molar-refractivity contribution in [2.24, 2.45) is 7.05 Å². The van der Waals surface area contributed by atoms with Crippen LogP contribution in [0.4, 0.5) is 18.9 Å². The van der Waals surface area contributed by atoms with Gasteiger partial charge in [0.05, 0.1) is 24.0 Å². The fraction of sp³-hybridized carbons (Fsp3) is 0.364. The van der Waals surface area contributed by atoms with Gasteiger partial charge in [-0.05, 0) is 12.1 Å². The van der Waals surface area contributed by atoms with E-state index in [-0.39, 0.29) is 6.54 Å². The quantitative estimate of drug-likeness (QED) is 0.934. The molecule has 2 aromatic rings. The molecule has 1 N–H and O–H groups in total. The number of rotatable bonds is 3. The molecule has 0 saturated carbocycles. The molecule has 3 nitrogen and oxygen atoms in total. The van der Waals surface area contributed by atoms with E-state index in [0.717, 1.165) is 9.99 Å². The predicted molar refractivity (Wildman–Crippen MR) is 67.6 cm³/mol. The smallest absolute Gasteiger partial charge is 0.383 e. The monoisotopic (exact) mass is 321 g/mol. The first-order valence-electron chi connectivity index (χ1n) is 5.28. The Kier molecular flexibility index (Phi) is 3.52. The number of aryl methyl sites for hydroxylation is 1. The Balaban J connectivity index is 2.22. The van der Waals surface area contributed by atoms with Gasteiger partial charge in [-0.2, -0.15) is 13.2 Å². The summed E-state index contributed by atoms with van der Waals surface area (Å²) >= 11 is 3.33. The molecule has 7 heteroatoms. The third-order valence-corrected chi connectivity index (χ3v) is 2.98. The Morgan fingerprint density at radius 2 is 2.11 bits per heavy atom. The summed E-state index contributed by atoms with van der Waals surface area (Å²) in [5.74, 6) is 0. The maximum atomic E-state index is 12.1. The summed E-state index contributed by atoms with van der Waals surface area (Å²) in [6.45, 7) is -0.161. The highest BCUT2D eigenvalue weighted by atomic mass is 79.9. The van der Waals surface area contributed by atoms with Crippen LogP contribution in [0.1, 0.15) is 6.42 Å². The zero-order valence-electron chi connectivity index (χ0n) is 9.55. The lowest BCUT2D eigenvalue weighted by molar-refractivity contribution is -0.131. The molecule has 0 spiro atoms. The summed E-state index contributed by atoms with van der Waals surface area (Å²) in [6.07, 6.45) is -3.39. The predicted octanol–water partition coefficient (Wildman–Crippen LogP) is 3.70. The number of nitrogens with zero attached hydrogens (tertiary/aromatic N) is 2. The summed E-state index contributed by atoms with van der Waals surface area (Å²) in [7, 11) is 1.83. The molecule has 0 aliphatic rings. The number of hydrogen-bond donors (Lipinski definition) is 1. The molecule has 0 fully saturated rings. The SMILES string of the molecule is Cn1cnc2c(NCCC(F)(F)F)cc(Br)cc21. The Hall–Kier alpha value is -1.24. The number of fused-ring (bicyclic) bond motifs is 1. The summed E-state index contributed by atoms with van der Waals surface area (Å²) in [5.41, 5.74) is 2.13. The summed E-state index contributed by atoms with van der Waals surface area (Å²) in [5, 5.41) is 2.77. The number of imidazole rings is 1. The lowest BCUT2D eigenvalue weighted by Gasteiger charge is -2.10. The van der Waals surface area contributed by atoms with Gasteiger partial charge in [-0.15, -0.1) is 0 Å². The number of anilines is 1. The molecule has 0 radical (unpaired) electrons. The standard InChI is InChI=1S/C11H11BrF3N3/c1-18-6-17-10-8(4-7(12)5-9(10)18)16-3-2-11(13,14)15/h4-6,16H,2-3H2,1H3. The molecule has 1 aromatic heterocycles. The Labute approximate surface area is 110 Å². The van der Waals surface area contributed by atoms with E-state index in [0.29, 0.717) is 11.2 Å². The van der Waals surface area contributed by atoms with Crippen LogP contribution < -0.4 is 5.32 Å². The second-order valence-corrected chi connectivity index (χ2v) is 4.88. The maximum absolute atomic E-state index is 12.1. The highest BCUT2D eigenvalue weighted by Crippen LogP contribution is 2.27. The van der Waals surface area contributed by atoms with Gasteiger partial charge in [0.2, 0.25) is 0 Å². The lowest BCUT2D eigenvalue weighted by atomic mass is 10.2. The summed E-state index contributed by atoms with van der Waals surface area (Å²) in [4.78, 5) is 4.17. The first kappa shape index (κ1) is 13.2. The van der Waals surface area contributed by atoms with Crippen LogP contribution in [0.25, 0.3) is 11.0 Å². The highest BCUT2D eigenvalue weighted by Gasteiger charge is 2.26. The molecule has 2 rings (SSSR count). The maximum Gasteiger partial charge on any atom is 0.390 e. The van der Waals surface area contributed by atoms with E-state index in [1.165, 1.54) is 0 Å². The first-order valence-corrected chi connectivity index (χ1v) is 6.07. The van der Waals surface area contributed by atoms with Crippen LogP contribution in [0.15, 0.2) is 22.9 Å². The third-order valence-electron chi connectivity index (χ3n) is 2.52. The molecular formula is C11H11BrF3N3. The van der Waals surface area contributed by atoms with Crippen molar-refractivity contribution in [3.63, 3.8) is 0 Å². The van der Waals surface area contributed by atoms with Gasteiger partial charge in [-0.1, -0.05) is 15.9 Å². The highest BCUT2D eigenvalue weighted by molar-refractivity contribution is 9.10. The first-order chi connectivity index (χ1) is 8.37. The van der Waals surface area contributed by atoms with Crippen molar-refractivity contribution in [2.45, 2.75) is 12.6 Å². The number of alkyl halides is 3. The topological polar surface area (TPSA) is 29.9 Å². The van der Waals surface area contributed by atoms with Crippen LogP contribution >= 0.6 is 15.9 Å². The Morgan fingerprint density at radius 1 is 1.39 bits per heavy atom. The van der Waals surface area contributed by atoms with E-state index in [1.54, 1.807) is 12.4 Å². The van der Waals surface area contributed by atoms with Crippen molar-refractivity contribution in [1.82, 2.24) is 9.55 Å². The third kappa shape index (κ3) is 2.95. The van der Waals surface area contributed by atoms with Crippen molar-refractivity contribution in [1.29, 1.82) is 0 Å². The van der Waals surface area contributed by atoms with Gasteiger partial charge in [-0.25, -0.2) is 4.98 Å². The van der Waals surface area contributed by atoms with Crippen LogP contribution in [0.3, 0.4) is 0 Å². The average molecular weight is 322 g/mol. The molecule has 1 heterocycles. The fourth-order valence-corrected chi connectivity index (χ4v) is 2.12. The Morgan fingerprint density at radius 3 is 2.78 bits per heavy atom. The molecule has 0 unspecified atom stereocenters. The summed E-state index contributed by atoms with van der Waals surface area (Å²) in [6, 6.07) is 3.60. The van der Waals surface area contributed by atoms with E-state index in [2.05, 4.69) is 26.2 Å². The molecule has 0 aliphatic heterocycles. The van der Waals surface area contributed by atoms with Crippen molar-refractivity contribution in [2.75, 3.05) is 11.9 Å². The fourth-order valence-electron chi connectivity index (χ4n) is 1.67. The molecule has 18 heavy (non-hydrogen) atoms.